The van der Waals surface area contributed by atoms with E-state index in [-0.39, 0.29) is 18.8 Å². The molecule has 3 aromatic rings. The quantitative estimate of drug-likeness (QED) is 0.518. The Labute approximate surface area is 187 Å². The highest BCUT2D eigenvalue weighted by molar-refractivity contribution is 6.00. The fraction of sp³-hybridized carbons (Fsp3) is 0.320. The molecule has 0 fully saturated rings. The van der Waals surface area contributed by atoms with E-state index < -0.39 is 17.5 Å². The van der Waals surface area contributed by atoms with Gasteiger partial charge in [-0.15, -0.1) is 0 Å². The number of nitrogens with zero attached hydrogens (tertiary/aromatic N) is 1. The van der Waals surface area contributed by atoms with Gasteiger partial charge < -0.3 is 19.5 Å². The summed E-state index contributed by atoms with van der Waals surface area (Å²) < 4.78 is 16.7. The summed E-state index contributed by atoms with van der Waals surface area (Å²) in [6, 6.07) is 15.1. The normalized spacial score (nSPS) is 11.2. The Kier molecular flexibility index (Phi) is 7.43. The number of para-hydroxylation sites is 1. The van der Waals surface area contributed by atoms with Gasteiger partial charge in [-0.25, -0.2) is 0 Å². The van der Waals surface area contributed by atoms with Crippen molar-refractivity contribution in [1.29, 1.82) is 0 Å². The molecule has 0 aliphatic carbocycles. The average Bonchev–Trinajstić information content (AvgIpc) is 2.75. The molecule has 168 valence electrons. The van der Waals surface area contributed by atoms with E-state index in [1.165, 1.54) is 0 Å². The second kappa shape index (κ2) is 10.2. The number of pyridine rings is 1. The lowest BCUT2D eigenvalue weighted by Crippen LogP contribution is -2.35. The van der Waals surface area contributed by atoms with Gasteiger partial charge in [0.2, 0.25) is 0 Å². The number of amides is 1. The van der Waals surface area contributed by atoms with Crippen molar-refractivity contribution in [2.45, 2.75) is 39.9 Å². The number of nitrogens with one attached hydrogen (secondary N) is 1. The van der Waals surface area contributed by atoms with Crippen LogP contribution in [0.15, 0.2) is 54.7 Å². The van der Waals surface area contributed by atoms with Crippen molar-refractivity contribution < 1.29 is 23.8 Å². The molecule has 1 heterocycles. The summed E-state index contributed by atoms with van der Waals surface area (Å²) in [7, 11) is 0. The van der Waals surface area contributed by atoms with Gasteiger partial charge in [0.05, 0.1) is 6.61 Å². The molecule has 0 unspecified atom stereocenters. The van der Waals surface area contributed by atoms with Crippen LogP contribution in [0.2, 0.25) is 0 Å². The third kappa shape index (κ3) is 6.28. The van der Waals surface area contributed by atoms with Crippen LogP contribution >= 0.6 is 0 Å². The van der Waals surface area contributed by atoms with Crippen LogP contribution in [0.25, 0.3) is 10.8 Å². The molecule has 0 radical (unpaired) electrons. The summed E-state index contributed by atoms with van der Waals surface area (Å²) in [5.74, 6) is 0.417. The van der Waals surface area contributed by atoms with Crippen LogP contribution in [-0.2, 0) is 20.9 Å². The summed E-state index contributed by atoms with van der Waals surface area (Å²) in [4.78, 5) is 29.1. The third-order valence-corrected chi connectivity index (χ3v) is 4.42. The standard InChI is InChI=1S/C25H28N2O5/c1-5-30-16-21-20-12-11-19(31-18-9-7-6-8-10-18)13-17(20)14-26-23(21)24(29)27-15-22(28)32-25(2,3)4/h6-14H,5,15-16H2,1-4H3,(H,27,29). The molecule has 1 amide bonds. The lowest BCUT2D eigenvalue weighted by atomic mass is 10.0. The molecule has 32 heavy (non-hydrogen) atoms. The second-order valence-electron chi connectivity index (χ2n) is 8.16. The lowest BCUT2D eigenvalue weighted by Gasteiger charge is -2.19. The minimum atomic E-state index is -0.622. The van der Waals surface area contributed by atoms with Crippen LogP contribution in [-0.4, -0.2) is 35.6 Å². The molecular weight excluding hydrogens is 408 g/mol. The molecule has 0 bridgehead atoms. The lowest BCUT2D eigenvalue weighted by molar-refractivity contribution is -0.153. The molecule has 3 rings (SSSR count). The number of esters is 1. The van der Waals surface area contributed by atoms with Crippen LogP contribution in [0.3, 0.4) is 0 Å². The van der Waals surface area contributed by atoms with Crippen LogP contribution in [0.1, 0.15) is 43.7 Å². The SMILES string of the molecule is CCOCc1c(C(=O)NCC(=O)OC(C)(C)C)ncc2cc(Oc3ccccc3)ccc12. The molecule has 0 aliphatic rings. The number of aromatic nitrogens is 1. The van der Waals surface area contributed by atoms with Gasteiger partial charge >= 0.3 is 5.97 Å². The molecule has 1 aromatic heterocycles. The number of rotatable bonds is 8. The summed E-state index contributed by atoms with van der Waals surface area (Å²) in [5, 5.41) is 4.24. The fourth-order valence-corrected chi connectivity index (χ4v) is 3.11. The zero-order valence-corrected chi connectivity index (χ0v) is 18.8. The number of carbonyl (C=O) groups is 2. The van der Waals surface area contributed by atoms with Gasteiger partial charge in [0, 0.05) is 23.8 Å². The fourth-order valence-electron chi connectivity index (χ4n) is 3.11. The van der Waals surface area contributed by atoms with E-state index in [1.807, 2.05) is 55.5 Å². The first-order valence-electron chi connectivity index (χ1n) is 10.5. The van der Waals surface area contributed by atoms with Gasteiger partial charge in [-0.3, -0.25) is 14.6 Å². The molecule has 7 heteroatoms. The van der Waals surface area contributed by atoms with Crippen molar-refractivity contribution in [1.82, 2.24) is 10.3 Å². The number of ether oxygens (including phenoxy) is 3. The molecule has 1 N–H and O–H groups in total. The number of hydrogen-bond donors (Lipinski definition) is 1. The molecule has 7 nitrogen and oxygen atoms in total. The van der Waals surface area contributed by atoms with Crippen molar-refractivity contribution in [3.05, 3.63) is 66.0 Å². The third-order valence-electron chi connectivity index (χ3n) is 4.42. The minimum absolute atomic E-state index is 0.214. The number of benzene rings is 2. The van der Waals surface area contributed by atoms with Crippen LogP contribution in [0.5, 0.6) is 11.5 Å². The van der Waals surface area contributed by atoms with E-state index in [2.05, 4.69) is 10.3 Å². The molecule has 0 atom stereocenters. The molecule has 0 spiro atoms. The van der Waals surface area contributed by atoms with Crippen LogP contribution in [0, 0.1) is 0 Å². The van der Waals surface area contributed by atoms with Crippen molar-refractivity contribution in [3.63, 3.8) is 0 Å². The van der Waals surface area contributed by atoms with E-state index in [1.54, 1.807) is 27.0 Å². The van der Waals surface area contributed by atoms with Gasteiger partial charge in [-0.05, 0) is 57.3 Å². The highest BCUT2D eigenvalue weighted by Gasteiger charge is 2.20. The zero-order chi connectivity index (χ0) is 23.1. The van der Waals surface area contributed by atoms with E-state index >= 15 is 0 Å². The maximum atomic E-state index is 12.8. The predicted octanol–water partition coefficient (Wildman–Crippen LogP) is 4.64. The Bertz CT molecular complexity index is 1090. The van der Waals surface area contributed by atoms with Crippen molar-refractivity contribution in [2.24, 2.45) is 0 Å². The summed E-state index contributed by atoms with van der Waals surface area (Å²) >= 11 is 0. The maximum Gasteiger partial charge on any atom is 0.325 e. The Hall–Kier alpha value is -3.45. The van der Waals surface area contributed by atoms with Gasteiger partial charge in [0.1, 0.15) is 29.3 Å². The zero-order valence-electron chi connectivity index (χ0n) is 18.8. The smallest absolute Gasteiger partial charge is 0.325 e. The summed E-state index contributed by atoms with van der Waals surface area (Å²) in [6.07, 6.45) is 1.62. The van der Waals surface area contributed by atoms with Crippen molar-refractivity contribution in [3.8, 4) is 11.5 Å². The van der Waals surface area contributed by atoms with Gasteiger partial charge in [-0.1, -0.05) is 24.3 Å². The minimum Gasteiger partial charge on any atom is -0.459 e. The summed E-state index contributed by atoms with van der Waals surface area (Å²) in [5.41, 5.74) is 0.242. The van der Waals surface area contributed by atoms with Crippen LogP contribution in [0.4, 0.5) is 0 Å². The molecule has 0 saturated carbocycles. The maximum absolute atomic E-state index is 12.8. The number of hydrogen-bond acceptors (Lipinski definition) is 6. The van der Waals surface area contributed by atoms with Gasteiger partial charge in [0.25, 0.3) is 5.91 Å². The monoisotopic (exact) mass is 436 g/mol. The molecule has 2 aromatic carbocycles. The number of fused-ring (bicyclic) bond motifs is 1. The van der Waals surface area contributed by atoms with E-state index in [9.17, 15) is 9.59 Å². The van der Waals surface area contributed by atoms with E-state index in [4.69, 9.17) is 14.2 Å². The molecular formula is C25H28N2O5. The van der Waals surface area contributed by atoms with Gasteiger partial charge in [0.15, 0.2) is 0 Å². The van der Waals surface area contributed by atoms with Crippen LogP contribution < -0.4 is 10.1 Å². The predicted molar refractivity (Wildman–Crippen MR) is 122 cm³/mol. The number of carbonyl (C=O) groups excluding carboxylic acids is 2. The molecule has 0 saturated heterocycles. The average molecular weight is 437 g/mol. The second-order valence-corrected chi connectivity index (χ2v) is 8.16. The van der Waals surface area contributed by atoms with Gasteiger partial charge in [-0.2, -0.15) is 0 Å². The Balaban J connectivity index is 1.84. The Morgan fingerprint density at radius 3 is 2.47 bits per heavy atom. The van der Waals surface area contributed by atoms with Crippen molar-refractivity contribution >= 4 is 22.6 Å². The summed E-state index contributed by atoms with van der Waals surface area (Å²) in [6.45, 7) is 7.66. The Morgan fingerprint density at radius 2 is 1.78 bits per heavy atom. The van der Waals surface area contributed by atoms with Crippen molar-refractivity contribution in [2.75, 3.05) is 13.2 Å². The van der Waals surface area contributed by atoms with E-state index in [0.29, 0.717) is 17.9 Å². The van der Waals surface area contributed by atoms with E-state index in [0.717, 1.165) is 16.5 Å². The largest absolute Gasteiger partial charge is 0.459 e. The first-order chi connectivity index (χ1) is 15.3. The highest BCUT2D eigenvalue weighted by atomic mass is 16.6. The highest BCUT2D eigenvalue weighted by Crippen LogP contribution is 2.28. The topological polar surface area (TPSA) is 86.8 Å². The first kappa shape index (κ1) is 23.2. The first-order valence-corrected chi connectivity index (χ1v) is 10.5. The molecule has 0 aliphatic heterocycles. The Morgan fingerprint density at radius 1 is 1.03 bits per heavy atom.